The van der Waals surface area contributed by atoms with Crippen molar-refractivity contribution in [2.24, 2.45) is 17.8 Å². The lowest BCUT2D eigenvalue weighted by Crippen LogP contribution is -2.14. The fourth-order valence-corrected chi connectivity index (χ4v) is 5.40. The van der Waals surface area contributed by atoms with Gasteiger partial charge in [0.15, 0.2) is 0 Å². The minimum Gasteiger partial charge on any atom is -0.0851 e. The van der Waals surface area contributed by atoms with E-state index in [1.54, 1.807) is 5.56 Å². The number of aryl methyl sites for hydroxylation is 1. The molecule has 0 atom stereocenters. The van der Waals surface area contributed by atoms with Gasteiger partial charge in [0.25, 0.3) is 0 Å². The van der Waals surface area contributed by atoms with Crippen LogP contribution in [-0.2, 0) is 0 Å². The maximum atomic E-state index is 2.60. The molecule has 0 saturated heterocycles. The van der Waals surface area contributed by atoms with E-state index in [1.807, 2.05) is 0 Å². The highest BCUT2D eigenvalue weighted by Gasteiger charge is 2.22. The Hall–Kier alpha value is -0.823. The molecule has 2 saturated carbocycles. The topological polar surface area (TPSA) is 0 Å². The van der Waals surface area contributed by atoms with Crippen molar-refractivity contribution in [2.75, 3.05) is 0 Å². The monoisotopic (exact) mass is 326 g/mol. The van der Waals surface area contributed by atoms with Gasteiger partial charge in [0.2, 0.25) is 0 Å². The van der Waals surface area contributed by atoms with E-state index < -0.39 is 0 Å². The minimum atomic E-state index is 0.810. The van der Waals surface area contributed by atoms with E-state index in [1.165, 1.54) is 73.2 Å². The summed E-state index contributed by atoms with van der Waals surface area (Å²) in [4.78, 5) is 0. The van der Waals surface area contributed by atoms with Gasteiger partial charge in [-0.1, -0.05) is 60.9 Å². The quantitative estimate of drug-likeness (QED) is 0.512. The smallest absolute Gasteiger partial charge is 0.00314 e. The Bertz CT molecular complexity index is 485. The van der Waals surface area contributed by atoms with Gasteiger partial charge in [-0.15, -0.1) is 0 Å². The molecule has 0 nitrogen and oxygen atoms in total. The Labute approximate surface area is 146 Å². The summed E-state index contributed by atoms with van der Waals surface area (Å²) in [5, 5.41) is 0. The summed E-state index contributed by atoms with van der Waals surface area (Å²) in [7, 11) is 1.40. The average molecular weight is 327 g/mol. The Morgan fingerprint density at radius 2 is 1.35 bits per heavy atom. The van der Waals surface area contributed by atoms with E-state index in [4.69, 9.17) is 0 Å². The summed E-state index contributed by atoms with van der Waals surface area (Å²) in [6, 6.07) is 10.8. The number of hydrogen-bond donors (Lipinski definition) is 0. The number of hydrogen-bond acceptors (Lipinski definition) is 0. The molecule has 3 rings (SSSR count). The molecule has 0 amide bonds. The van der Waals surface area contributed by atoms with Crippen molar-refractivity contribution in [3.05, 3.63) is 47.5 Å². The van der Waals surface area contributed by atoms with Crippen LogP contribution in [0.3, 0.4) is 0 Å². The fourth-order valence-electron chi connectivity index (χ4n) is 4.59. The summed E-state index contributed by atoms with van der Waals surface area (Å²) >= 11 is 0. The molecule has 0 aliphatic heterocycles. The van der Waals surface area contributed by atoms with E-state index in [2.05, 4.69) is 43.3 Å². The zero-order chi connectivity index (χ0) is 16.1. The van der Waals surface area contributed by atoms with E-state index in [-0.39, 0.29) is 0 Å². The third kappa shape index (κ3) is 4.82. The van der Waals surface area contributed by atoms with Crippen LogP contribution in [-0.4, -0.2) is 10.2 Å². The van der Waals surface area contributed by atoms with Gasteiger partial charge >= 0.3 is 0 Å². The average Bonchev–Trinajstić information content (AvgIpc) is 2.61. The predicted molar refractivity (Wildman–Crippen MR) is 105 cm³/mol. The highest BCUT2D eigenvalue weighted by atomic mass is 28.1. The number of rotatable bonds is 4. The molecule has 0 spiro atoms. The van der Waals surface area contributed by atoms with Gasteiger partial charge in [-0.25, -0.2) is 0 Å². The third-order valence-corrected chi connectivity index (χ3v) is 7.60. The molecule has 0 radical (unpaired) electrons. The molecule has 1 heteroatoms. The van der Waals surface area contributed by atoms with Crippen LogP contribution in [0.4, 0.5) is 0 Å². The fraction of sp³-hybridized carbons (Fsp3) is 0.636. The van der Waals surface area contributed by atoms with Crippen LogP contribution >= 0.6 is 0 Å². The first-order valence-corrected chi connectivity index (χ1v) is 11.4. The highest BCUT2D eigenvalue weighted by molar-refractivity contribution is 6.08. The Morgan fingerprint density at radius 3 is 1.87 bits per heavy atom. The summed E-state index contributed by atoms with van der Waals surface area (Å²) in [6.45, 7) is 2.18. The minimum absolute atomic E-state index is 0.810. The van der Waals surface area contributed by atoms with Gasteiger partial charge in [0.1, 0.15) is 0 Å². The van der Waals surface area contributed by atoms with Crippen LogP contribution in [0.1, 0.15) is 68.4 Å². The van der Waals surface area contributed by atoms with Crippen molar-refractivity contribution >= 4 is 10.2 Å². The molecule has 1 aromatic carbocycles. The molecule has 0 N–H and O–H groups in total. The maximum Gasteiger partial charge on any atom is 0.00314 e. The molecule has 0 aromatic heterocycles. The van der Waals surface area contributed by atoms with Crippen molar-refractivity contribution in [3.8, 4) is 0 Å². The lowest BCUT2D eigenvalue weighted by molar-refractivity contribution is 0.327. The van der Waals surface area contributed by atoms with Crippen molar-refractivity contribution in [2.45, 2.75) is 70.3 Å². The highest BCUT2D eigenvalue weighted by Crippen LogP contribution is 2.37. The van der Waals surface area contributed by atoms with Gasteiger partial charge < -0.3 is 0 Å². The third-order valence-electron chi connectivity index (χ3n) is 6.44. The second-order valence-electron chi connectivity index (χ2n) is 8.10. The molecule has 126 valence electrons. The lowest BCUT2D eigenvalue weighted by Gasteiger charge is -2.29. The number of benzene rings is 1. The molecule has 0 bridgehead atoms. The molecular formula is C22H34Si. The molecule has 2 aliphatic carbocycles. The first-order chi connectivity index (χ1) is 11.2. The van der Waals surface area contributed by atoms with Crippen LogP contribution in [0.15, 0.2) is 36.4 Å². The van der Waals surface area contributed by atoms with Crippen molar-refractivity contribution in [1.29, 1.82) is 0 Å². The molecule has 0 heterocycles. The molecule has 23 heavy (non-hydrogen) atoms. The zero-order valence-electron chi connectivity index (χ0n) is 15.1. The molecular weight excluding hydrogens is 292 g/mol. The Balaban J connectivity index is 1.44. The summed E-state index contributed by atoms with van der Waals surface area (Å²) in [6.07, 6.45) is 16.7. The van der Waals surface area contributed by atoms with Crippen LogP contribution in [0, 0.1) is 24.7 Å². The van der Waals surface area contributed by atoms with E-state index >= 15 is 0 Å². The first kappa shape index (κ1) is 17.0. The first-order valence-electron chi connectivity index (χ1n) is 9.99. The second-order valence-corrected chi connectivity index (χ2v) is 8.91. The summed E-state index contributed by atoms with van der Waals surface area (Å²) < 4.78 is 0. The van der Waals surface area contributed by atoms with Crippen molar-refractivity contribution in [3.63, 3.8) is 0 Å². The normalized spacial score (nSPS) is 32.4. The molecule has 2 fully saturated rings. The standard InChI is InChI=1S/C22H34Si/c1-17-2-12-21(13-3-17)22-14-10-19(11-15-22)5-4-18-6-8-20(16-23)9-7-18/h2-5,12-13,18-20,22H,6-11,14-16H2,1,23H3/b5-4+. The van der Waals surface area contributed by atoms with Crippen LogP contribution in [0.2, 0.25) is 6.04 Å². The number of allylic oxidation sites excluding steroid dienone is 2. The summed E-state index contributed by atoms with van der Waals surface area (Å²) in [5.41, 5.74) is 2.95. The zero-order valence-corrected chi connectivity index (χ0v) is 17.1. The molecule has 0 unspecified atom stereocenters. The van der Waals surface area contributed by atoms with Gasteiger partial charge in [0, 0.05) is 10.2 Å². The van der Waals surface area contributed by atoms with Gasteiger partial charge in [-0.2, -0.15) is 0 Å². The Kier molecular flexibility index (Phi) is 6.16. The molecule has 2 aliphatic rings. The SMILES string of the molecule is Cc1ccc(C2CCC(/C=C/C3CCC(C[SiH3])CC3)CC2)cc1. The summed E-state index contributed by atoms with van der Waals surface area (Å²) in [5.74, 6) is 3.64. The Morgan fingerprint density at radius 1 is 0.826 bits per heavy atom. The van der Waals surface area contributed by atoms with E-state index in [0.29, 0.717) is 0 Å². The molecule has 1 aromatic rings. The van der Waals surface area contributed by atoms with Gasteiger partial charge in [-0.05, 0) is 74.7 Å². The van der Waals surface area contributed by atoms with Gasteiger partial charge in [-0.3, -0.25) is 0 Å². The van der Waals surface area contributed by atoms with Crippen LogP contribution in [0.25, 0.3) is 0 Å². The van der Waals surface area contributed by atoms with Gasteiger partial charge in [0.05, 0.1) is 0 Å². The van der Waals surface area contributed by atoms with Crippen molar-refractivity contribution in [1.82, 2.24) is 0 Å². The van der Waals surface area contributed by atoms with E-state index in [9.17, 15) is 0 Å². The maximum absolute atomic E-state index is 2.60. The largest absolute Gasteiger partial charge is 0.0851 e. The van der Waals surface area contributed by atoms with Crippen LogP contribution in [0.5, 0.6) is 0 Å². The van der Waals surface area contributed by atoms with Crippen molar-refractivity contribution < 1.29 is 0 Å². The predicted octanol–water partition coefficient (Wildman–Crippen LogP) is 5.42. The lowest BCUT2D eigenvalue weighted by atomic mass is 9.77. The van der Waals surface area contributed by atoms with E-state index in [0.717, 1.165) is 23.7 Å². The second kappa shape index (κ2) is 8.33. The van der Waals surface area contributed by atoms with Crippen LogP contribution < -0.4 is 0 Å².